The molecule has 34 heavy (non-hydrogen) atoms. The first-order valence-electron chi connectivity index (χ1n) is 11.0. The van der Waals surface area contributed by atoms with Crippen LogP contribution in [0.5, 0.6) is 5.75 Å². The van der Waals surface area contributed by atoms with Crippen molar-refractivity contribution in [1.82, 2.24) is 14.8 Å². The molecule has 1 amide bonds. The molecular weight excluding hydrogens is 448 g/mol. The number of nitrogens with zero attached hydrogens (tertiary/aromatic N) is 3. The number of carbonyl (C=O) groups excluding carboxylic acids is 2. The van der Waals surface area contributed by atoms with Gasteiger partial charge in [-0.15, -0.1) is 16.8 Å². The Kier molecular flexibility index (Phi) is 8.28. The Morgan fingerprint density at radius 3 is 2.35 bits per heavy atom. The number of nitrogens with one attached hydrogen (secondary N) is 1. The number of Topliss-reactive ketones (excluding diaryl/α,β-unsaturated/α-hetero) is 1. The Labute approximate surface area is 204 Å². The Bertz CT molecular complexity index is 1150. The summed E-state index contributed by atoms with van der Waals surface area (Å²) in [6, 6.07) is 14.8. The number of hydrogen-bond donors (Lipinski definition) is 1. The Balaban J connectivity index is 1.59. The fraction of sp³-hybridized carbons (Fsp3) is 0.308. The van der Waals surface area contributed by atoms with Gasteiger partial charge in [-0.1, -0.05) is 50.7 Å². The zero-order chi connectivity index (χ0) is 24.7. The van der Waals surface area contributed by atoms with Crippen molar-refractivity contribution in [1.29, 1.82) is 0 Å². The number of rotatable bonds is 10. The van der Waals surface area contributed by atoms with Crippen LogP contribution in [0.3, 0.4) is 0 Å². The summed E-state index contributed by atoms with van der Waals surface area (Å²) in [5, 5.41) is 11.9. The lowest BCUT2D eigenvalue weighted by atomic mass is 9.87. The predicted molar refractivity (Wildman–Crippen MR) is 135 cm³/mol. The number of aromatic nitrogens is 3. The third-order valence-electron chi connectivity index (χ3n) is 5.10. The maximum atomic E-state index is 12.4. The van der Waals surface area contributed by atoms with Gasteiger partial charge in [0.25, 0.3) is 0 Å². The molecule has 0 fully saturated rings. The maximum Gasteiger partial charge on any atom is 0.234 e. The number of allylic oxidation sites excluding steroid dienone is 1. The molecule has 1 N–H and O–H groups in total. The van der Waals surface area contributed by atoms with E-state index in [1.807, 2.05) is 16.7 Å². The van der Waals surface area contributed by atoms with Crippen LogP contribution in [-0.4, -0.2) is 32.2 Å². The van der Waals surface area contributed by atoms with Crippen LogP contribution in [0, 0.1) is 0 Å². The fourth-order valence-corrected chi connectivity index (χ4v) is 3.93. The topological polar surface area (TPSA) is 86.1 Å². The van der Waals surface area contributed by atoms with E-state index in [4.69, 9.17) is 4.74 Å². The Hall–Kier alpha value is -3.39. The van der Waals surface area contributed by atoms with E-state index in [2.05, 4.69) is 55.0 Å². The zero-order valence-electron chi connectivity index (χ0n) is 20.0. The summed E-state index contributed by atoms with van der Waals surface area (Å²) in [4.78, 5) is 23.8. The summed E-state index contributed by atoms with van der Waals surface area (Å²) in [6.45, 7) is 12.6. The lowest BCUT2D eigenvalue weighted by molar-refractivity contribution is -0.113. The van der Waals surface area contributed by atoms with Gasteiger partial charge in [-0.25, -0.2) is 0 Å². The van der Waals surface area contributed by atoms with Crippen molar-refractivity contribution in [2.45, 2.75) is 51.4 Å². The van der Waals surface area contributed by atoms with Gasteiger partial charge in [0, 0.05) is 17.8 Å². The fourth-order valence-electron chi connectivity index (χ4n) is 3.16. The highest BCUT2D eigenvalue weighted by molar-refractivity contribution is 7.99. The number of amides is 1. The summed E-state index contributed by atoms with van der Waals surface area (Å²) < 4.78 is 7.81. The Morgan fingerprint density at radius 1 is 1.09 bits per heavy atom. The smallest absolute Gasteiger partial charge is 0.234 e. The van der Waals surface area contributed by atoms with Gasteiger partial charge < -0.3 is 10.1 Å². The molecule has 3 aromatic rings. The number of hydrogen-bond acceptors (Lipinski definition) is 6. The van der Waals surface area contributed by atoms with E-state index in [-0.39, 0.29) is 29.5 Å². The summed E-state index contributed by atoms with van der Waals surface area (Å²) in [5.41, 5.74) is 2.56. The second-order valence-corrected chi connectivity index (χ2v) is 9.77. The highest BCUT2D eigenvalue weighted by Crippen LogP contribution is 2.25. The van der Waals surface area contributed by atoms with Crippen molar-refractivity contribution < 1.29 is 14.3 Å². The van der Waals surface area contributed by atoms with Gasteiger partial charge in [0.1, 0.15) is 12.4 Å². The molecule has 1 aromatic heterocycles. The van der Waals surface area contributed by atoms with Gasteiger partial charge in [0.05, 0.1) is 5.75 Å². The first-order valence-corrected chi connectivity index (χ1v) is 12.0. The third-order valence-corrected chi connectivity index (χ3v) is 6.07. The Morgan fingerprint density at radius 2 is 1.76 bits per heavy atom. The SMILES string of the molecule is C=CCn1c(COc2ccc(C(C)(C)C)cc2)nnc1SCC(=O)Nc1ccc(C(C)=O)cc1. The van der Waals surface area contributed by atoms with Gasteiger partial charge in [0.2, 0.25) is 5.91 Å². The molecule has 0 aliphatic rings. The molecule has 0 aliphatic heterocycles. The number of benzene rings is 2. The molecule has 2 aromatic carbocycles. The minimum Gasteiger partial charge on any atom is -0.486 e. The molecule has 1 heterocycles. The summed E-state index contributed by atoms with van der Waals surface area (Å²) in [5.74, 6) is 1.38. The van der Waals surface area contributed by atoms with Crippen LogP contribution in [0.15, 0.2) is 66.3 Å². The van der Waals surface area contributed by atoms with Gasteiger partial charge in [-0.2, -0.15) is 0 Å². The maximum absolute atomic E-state index is 12.4. The molecule has 0 aliphatic carbocycles. The van der Waals surface area contributed by atoms with E-state index in [1.54, 1.807) is 30.3 Å². The molecule has 0 saturated heterocycles. The van der Waals surface area contributed by atoms with E-state index in [9.17, 15) is 9.59 Å². The molecule has 3 rings (SSSR count). The molecule has 178 valence electrons. The molecule has 0 unspecified atom stereocenters. The second kappa shape index (κ2) is 11.2. The van der Waals surface area contributed by atoms with Crippen molar-refractivity contribution in [3.05, 3.63) is 78.1 Å². The van der Waals surface area contributed by atoms with Gasteiger partial charge in [-0.05, 0) is 54.3 Å². The minimum absolute atomic E-state index is 0.0170. The van der Waals surface area contributed by atoms with Crippen molar-refractivity contribution >= 4 is 29.1 Å². The number of carbonyl (C=O) groups is 2. The first kappa shape index (κ1) is 25.2. The highest BCUT2D eigenvalue weighted by Gasteiger charge is 2.16. The van der Waals surface area contributed by atoms with Crippen LogP contribution in [0.25, 0.3) is 0 Å². The van der Waals surface area contributed by atoms with E-state index < -0.39 is 0 Å². The quantitative estimate of drug-likeness (QED) is 0.243. The van der Waals surface area contributed by atoms with Crippen LogP contribution in [-0.2, 0) is 23.4 Å². The molecule has 0 bridgehead atoms. The summed E-state index contributed by atoms with van der Waals surface area (Å²) in [6.07, 6.45) is 1.76. The van der Waals surface area contributed by atoms with Crippen LogP contribution in [0.1, 0.15) is 49.4 Å². The normalized spacial score (nSPS) is 11.2. The van der Waals surface area contributed by atoms with Gasteiger partial charge in [-0.3, -0.25) is 14.2 Å². The lowest BCUT2D eigenvalue weighted by Crippen LogP contribution is -2.15. The number of ketones is 1. The molecule has 0 spiro atoms. The number of thioether (sulfide) groups is 1. The molecular formula is C26H30N4O3S. The molecule has 0 atom stereocenters. The van der Waals surface area contributed by atoms with E-state index in [0.717, 1.165) is 5.75 Å². The van der Waals surface area contributed by atoms with E-state index >= 15 is 0 Å². The highest BCUT2D eigenvalue weighted by atomic mass is 32.2. The van der Waals surface area contributed by atoms with Crippen LogP contribution in [0.2, 0.25) is 0 Å². The van der Waals surface area contributed by atoms with Gasteiger partial charge in [0.15, 0.2) is 16.8 Å². The van der Waals surface area contributed by atoms with E-state index in [0.29, 0.717) is 28.8 Å². The van der Waals surface area contributed by atoms with Crippen LogP contribution >= 0.6 is 11.8 Å². The van der Waals surface area contributed by atoms with Crippen LogP contribution in [0.4, 0.5) is 5.69 Å². The molecule has 8 heteroatoms. The second-order valence-electron chi connectivity index (χ2n) is 8.83. The van der Waals surface area contributed by atoms with Crippen molar-refractivity contribution in [2.75, 3.05) is 11.1 Å². The zero-order valence-corrected chi connectivity index (χ0v) is 20.8. The van der Waals surface area contributed by atoms with Crippen molar-refractivity contribution in [2.24, 2.45) is 0 Å². The predicted octanol–water partition coefficient (Wildman–Crippen LogP) is 5.27. The third kappa shape index (κ3) is 6.81. The average Bonchev–Trinajstić information content (AvgIpc) is 3.18. The standard InChI is InChI=1S/C26H30N4O3S/c1-6-15-30-23(16-33-22-13-9-20(10-14-22)26(3,4)5)28-29-25(30)34-17-24(32)27-21-11-7-19(8-12-21)18(2)31/h6-14H,1,15-17H2,2-5H3,(H,27,32). The largest absolute Gasteiger partial charge is 0.486 e. The minimum atomic E-state index is -0.175. The van der Waals surface area contributed by atoms with Crippen LogP contribution < -0.4 is 10.1 Å². The molecule has 7 nitrogen and oxygen atoms in total. The summed E-state index contributed by atoms with van der Waals surface area (Å²) in [7, 11) is 0. The van der Waals surface area contributed by atoms with Gasteiger partial charge >= 0.3 is 0 Å². The number of ether oxygens (including phenoxy) is 1. The number of anilines is 1. The van der Waals surface area contributed by atoms with Crippen molar-refractivity contribution in [3.63, 3.8) is 0 Å². The average molecular weight is 479 g/mol. The van der Waals surface area contributed by atoms with Crippen molar-refractivity contribution in [3.8, 4) is 5.75 Å². The first-order chi connectivity index (χ1) is 16.2. The molecule has 0 radical (unpaired) electrons. The molecule has 0 saturated carbocycles. The lowest BCUT2D eigenvalue weighted by Gasteiger charge is -2.19. The van der Waals surface area contributed by atoms with E-state index in [1.165, 1.54) is 24.2 Å². The summed E-state index contributed by atoms with van der Waals surface area (Å²) >= 11 is 1.29. The monoisotopic (exact) mass is 478 g/mol.